The Hall–Kier alpha value is -3.06. The second kappa shape index (κ2) is 8.35. The highest BCUT2D eigenvalue weighted by atomic mass is 32.2. The van der Waals surface area contributed by atoms with Gasteiger partial charge in [0.15, 0.2) is 5.75 Å². The summed E-state index contributed by atoms with van der Waals surface area (Å²) in [4.78, 5) is 31.1. The summed E-state index contributed by atoms with van der Waals surface area (Å²) < 4.78 is 5.83. The van der Waals surface area contributed by atoms with Gasteiger partial charge < -0.3 is 15.0 Å². The maximum Gasteiger partial charge on any atom is 0.274 e. The summed E-state index contributed by atoms with van der Waals surface area (Å²) in [5, 5.41) is 2.76. The number of aromatic amines is 1. The molecule has 3 aromatic rings. The second-order valence-electron chi connectivity index (χ2n) is 5.38. The largest absolute Gasteiger partial charge is 0.455 e. The molecule has 6 nitrogen and oxygen atoms in total. The minimum atomic E-state index is -0.470. The van der Waals surface area contributed by atoms with E-state index in [2.05, 4.69) is 15.3 Å². The van der Waals surface area contributed by atoms with Crippen LogP contribution in [0.25, 0.3) is 0 Å². The van der Waals surface area contributed by atoms with Crippen molar-refractivity contribution in [1.82, 2.24) is 9.97 Å². The van der Waals surface area contributed by atoms with Crippen LogP contribution in [-0.2, 0) is 5.75 Å². The van der Waals surface area contributed by atoms with Crippen LogP contribution in [0.2, 0.25) is 0 Å². The van der Waals surface area contributed by atoms with Gasteiger partial charge in [-0.15, -0.1) is 0 Å². The van der Waals surface area contributed by atoms with Crippen molar-refractivity contribution in [3.8, 4) is 11.5 Å². The molecule has 0 bridgehead atoms. The molecule has 0 saturated carbocycles. The maximum absolute atomic E-state index is 12.5. The van der Waals surface area contributed by atoms with Gasteiger partial charge in [-0.3, -0.25) is 9.59 Å². The van der Waals surface area contributed by atoms with Gasteiger partial charge in [-0.1, -0.05) is 30.3 Å². The number of nitrogens with zero attached hydrogens (tertiary/aromatic N) is 1. The highest BCUT2D eigenvalue weighted by Crippen LogP contribution is 2.29. The molecule has 2 aromatic carbocycles. The molecule has 0 unspecified atom stereocenters. The highest BCUT2D eigenvalue weighted by molar-refractivity contribution is 7.97. The molecule has 0 radical (unpaired) electrons. The lowest BCUT2D eigenvalue weighted by molar-refractivity contribution is 0.102. The summed E-state index contributed by atoms with van der Waals surface area (Å²) in [7, 11) is 0. The number of carbonyl (C=O) groups excluding carboxylic acids is 1. The van der Waals surface area contributed by atoms with Crippen LogP contribution in [-0.4, -0.2) is 22.1 Å². The number of nitrogens with one attached hydrogen (secondary N) is 2. The number of ether oxygens (including phenoxy) is 1. The number of thioether (sulfide) groups is 1. The third kappa shape index (κ3) is 4.52. The SMILES string of the molecule is CSCc1nc(C(=O)Nc2ccccc2Oc2ccccc2)cc(=O)[nH]1. The predicted molar refractivity (Wildman–Crippen MR) is 103 cm³/mol. The number of carbonyl (C=O) groups is 1. The Bertz CT molecular complexity index is 957. The molecule has 1 heterocycles. The fourth-order valence-electron chi connectivity index (χ4n) is 2.29. The number of para-hydroxylation sites is 3. The number of hydrogen-bond acceptors (Lipinski definition) is 5. The average Bonchev–Trinajstić information content (AvgIpc) is 2.64. The zero-order valence-corrected chi connectivity index (χ0v) is 14.9. The summed E-state index contributed by atoms with van der Waals surface area (Å²) in [6, 6.07) is 17.5. The molecule has 0 aliphatic heterocycles. The van der Waals surface area contributed by atoms with Gasteiger partial charge in [-0.2, -0.15) is 11.8 Å². The standard InChI is InChI=1S/C19H17N3O3S/c1-26-12-17-20-15(11-18(23)22-17)19(24)21-14-9-5-6-10-16(14)25-13-7-3-2-4-8-13/h2-11H,12H2,1H3,(H,21,24)(H,20,22,23). The Balaban J connectivity index is 1.83. The fourth-order valence-corrected chi connectivity index (χ4v) is 2.70. The van der Waals surface area contributed by atoms with E-state index in [0.29, 0.717) is 28.8 Å². The molecule has 1 amide bonds. The van der Waals surface area contributed by atoms with E-state index in [0.717, 1.165) is 0 Å². The molecule has 1 aromatic heterocycles. The zero-order valence-electron chi connectivity index (χ0n) is 14.1. The number of aromatic nitrogens is 2. The van der Waals surface area contributed by atoms with E-state index in [-0.39, 0.29) is 11.3 Å². The van der Waals surface area contributed by atoms with Crippen molar-refractivity contribution in [3.05, 3.63) is 82.5 Å². The Labute approximate surface area is 154 Å². The van der Waals surface area contributed by atoms with Crippen molar-refractivity contribution in [2.45, 2.75) is 5.75 Å². The van der Waals surface area contributed by atoms with Gasteiger partial charge in [0.2, 0.25) is 0 Å². The molecular formula is C19H17N3O3S. The van der Waals surface area contributed by atoms with E-state index in [1.54, 1.807) is 18.2 Å². The monoisotopic (exact) mass is 367 g/mol. The minimum absolute atomic E-state index is 0.0623. The molecule has 0 atom stereocenters. The lowest BCUT2D eigenvalue weighted by Crippen LogP contribution is -2.20. The Kier molecular flexibility index (Phi) is 5.70. The third-order valence-corrected chi connectivity index (χ3v) is 3.97. The van der Waals surface area contributed by atoms with Crippen LogP contribution in [0.5, 0.6) is 11.5 Å². The molecular weight excluding hydrogens is 350 g/mol. The first kappa shape index (κ1) is 17.8. The summed E-state index contributed by atoms with van der Waals surface area (Å²) in [5.74, 6) is 1.67. The Morgan fingerprint density at radius 1 is 1.15 bits per heavy atom. The van der Waals surface area contributed by atoms with Gasteiger partial charge in [-0.25, -0.2) is 4.98 Å². The number of H-pyrrole nitrogens is 1. The molecule has 26 heavy (non-hydrogen) atoms. The predicted octanol–water partition coefficient (Wildman–Crippen LogP) is 3.68. The van der Waals surface area contributed by atoms with E-state index in [1.807, 2.05) is 42.7 Å². The fraction of sp³-hybridized carbons (Fsp3) is 0.105. The van der Waals surface area contributed by atoms with Crippen molar-refractivity contribution in [2.24, 2.45) is 0 Å². The first-order valence-corrected chi connectivity index (χ1v) is 9.27. The normalized spacial score (nSPS) is 10.3. The van der Waals surface area contributed by atoms with E-state index in [4.69, 9.17) is 4.74 Å². The van der Waals surface area contributed by atoms with Crippen molar-refractivity contribution in [3.63, 3.8) is 0 Å². The van der Waals surface area contributed by atoms with Crippen molar-refractivity contribution >= 4 is 23.4 Å². The van der Waals surface area contributed by atoms with E-state index < -0.39 is 5.91 Å². The van der Waals surface area contributed by atoms with Gasteiger partial charge in [0, 0.05) is 6.07 Å². The number of benzene rings is 2. The van der Waals surface area contributed by atoms with Gasteiger partial charge in [0.25, 0.3) is 11.5 Å². The zero-order chi connectivity index (χ0) is 18.4. The maximum atomic E-state index is 12.5. The molecule has 7 heteroatoms. The van der Waals surface area contributed by atoms with Gasteiger partial charge in [0.1, 0.15) is 17.3 Å². The van der Waals surface area contributed by atoms with Crippen LogP contribution in [0, 0.1) is 0 Å². The first-order chi connectivity index (χ1) is 12.7. The van der Waals surface area contributed by atoms with E-state index in [9.17, 15) is 9.59 Å². The number of anilines is 1. The summed E-state index contributed by atoms with van der Waals surface area (Å²) >= 11 is 1.51. The second-order valence-corrected chi connectivity index (χ2v) is 6.24. The Morgan fingerprint density at radius 3 is 2.65 bits per heavy atom. The van der Waals surface area contributed by atoms with Crippen LogP contribution < -0.4 is 15.6 Å². The Morgan fingerprint density at radius 2 is 1.88 bits per heavy atom. The number of hydrogen-bond donors (Lipinski definition) is 2. The molecule has 0 aliphatic rings. The summed E-state index contributed by atoms with van der Waals surface area (Å²) in [5.41, 5.74) is 0.199. The van der Waals surface area contributed by atoms with Crippen LogP contribution >= 0.6 is 11.8 Å². The van der Waals surface area contributed by atoms with Gasteiger partial charge >= 0.3 is 0 Å². The molecule has 2 N–H and O–H groups in total. The lowest BCUT2D eigenvalue weighted by Gasteiger charge is -2.12. The van der Waals surface area contributed by atoms with Gasteiger partial charge in [-0.05, 0) is 30.5 Å². The number of amides is 1. The smallest absolute Gasteiger partial charge is 0.274 e. The molecule has 3 rings (SSSR count). The number of rotatable bonds is 6. The average molecular weight is 367 g/mol. The molecule has 0 spiro atoms. The third-order valence-electron chi connectivity index (χ3n) is 3.41. The van der Waals surface area contributed by atoms with Crippen LogP contribution in [0.15, 0.2) is 65.5 Å². The van der Waals surface area contributed by atoms with Crippen LogP contribution in [0.1, 0.15) is 16.3 Å². The summed E-state index contributed by atoms with van der Waals surface area (Å²) in [6.45, 7) is 0. The summed E-state index contributed by atoms with van der Waals surface area (Å²) in [6.07, 6.45) is 1.89. The van der Waals surface area contributed by atoms with Crippen molar-refractivity contribution in [2.75, 3.05) is 11.6 Å². The van der Waals surface area contributed by atoms with Crippen molar-refractivity contribution in [1.29, 1.82) is 0 Å². The minimum Gasteiger partial charge on any atom is -0.455 e. The van der Waals surface area contributed by atoms with Gasteiger partial charge in [0.05, 0.1) is 11.4 Å². The first-order valence-electron chi connectivity index (χ1n) is 7.88. The van der Waals surface area contributed by atoms with Crippen LogP contribution in [0.4, 0.5) is 5.69 Å². The quantitative estimate of drug-likeness (QED) is 0.694. The highest BCUT2D eigenvalue weighted by Gasteiger charge is 2.13. The molecule has 0 aliphatic carbocycles. The van der Waals surface area contributed by atoms with Crippen LogP contribution in [0.3, 0.4) is 0 Å². The lowest BCUT2D eigenvalue weighted by atomic mass is 10.2. The topological polar surface area (TPSA) is 84.1 Å². The molecule has 132 valence electrons. The van der Waals surface area contributed by atoms with E-state index in [1.165, 1.54) is 17.8 Å². The molecule has 0 fully saturated rings. The van der Waals surface area contributed by atoms with E-state index >= 15 is 0 Å². The molecule has 0 saturated heterocycles. The van der Waals surface area contributed by atoms with Crippen molar-refractivity contribution < 1.29 is 9.53 Å².